The molecule has 172 valence electrons. The number of aromatic nitrogens is 1. The molecule has 2 aliphatic rings. The maximum absolute atomic E-state index is 13.6. The Labute approximate surface area is 191 Å². The Morgan fingerprint density at radius 3 is 2.44 bits per heavy atom. The van der Waals surface area contributed by atoms with Crippen molar-refractivity contribution in [1.82, 2.24) is 9.88 Å². The van der Waals surface area contributed by atoms with E-state index in [1.165, 1.54) is 0 Å². The number of pyridine rings is 1. The van der Waals surface area contributed by atoms with Gasteiger partial charge in [0, 0.05) is 26.3 Å². The third kappa shape index (κ3) is 4.34. The number of carbonyl (C=O) groups is 1. The van der Waals surface area contributed by atoms with Crippen molar-refractivity contribution >= 4 is 14.0 Å². The van der Waals surface area contributed by atoms with E-state index in [2.05, 4.69) is 25.7 Å². The Kier molecular flexibility index (Phi) is 6.18. The zero-order chi connectivity index (χ0) is 23.0. The van der Waals surface area contributed by atoms with Gasteiger partial charge in [-0.05, 0) is 31.5 Å². The number of nitrogens with zero attached hydrogens (tertiary/aromatic N) is 2. The molecule has 2 aromatic rings. The Bertz CT molecular complexity index is 968. The number of fused-ring (bicyclic) bond motifs is 2. The minimum atomic E-state index is -1.19. The van der Waals surface area contributed by atoms with E-state index in [4.69, 9.17) is 19.2 Å². The highest BCUT2D eigenvalue weighted by molar-refractivity contribution is 6.76. The maximum Gasteiger partial charge on any atom is 0.236 e. The molecule has 1 aromatic carbocycles. The monoisotopic (exact) mass is 454 g/mol. The SMILES string of the molecule is CC1(C)C(=O)N(COCC[Si](C)(C)C)C2(COC2)c2ccc(OCc3ccccc3)nc21. The summed E-state index contributed by atoms with van der Waals surface area (Å²) in [6.07, 6.45) is 0. The van der Waals surface area contributed by atoms with E-state index in [9.17, 15) is 4.79 Å². The predicted molar refractivity (Wildman–Crippen MR) is 126 cm³/mol. The van der Waals surface area contributed by atoms with Crippen molar-refractivity contribution in [2.24, 2.45) is 0 Å². The van der Waals surface area contributed by atoms with E-state index in [1.54, 1.807) is 0 Å². The molecule has 2 aliphatic heterocycles. The van der Waals surface area contributed by atoms with Crippen LogP contribution in [0, 0.1) is 0 Å². The topological polar surface area (TPSA) is 60.9 Å². The molecule has 0 radical (unpaired) electrons. The molecule has 0 bridgehead atoms. The van der Waals surface area contributed by atoms with Crippen molar-refractivity contribution in [3.63, 3.8) is 0 Å². The predicted octanol–water partition coefficient (Wildman–Crippen LogP) is 4.32. The molecule has 0 saturated carbocycles. The van der Waals surface area contributed by atoms with Crippen molar-refractivity contribution in [2.75, 3.05) is 26.6 Å². The zero-order valence-electron chi connectivity index (χ0n) is 19.8. The van der Waals surface area contributed by atoms with Crippen LogP contribution in [0.15, 0.2) is 42.5 Å². The highest BCUT2D eigenvalue weighted by Crippen LogP contribution is 2.47. The first-order valence-electron chi connectivity index (χ1n) is 11.3. The molecule has 0 unspecified atom stereocenters. The summed E-state index contributed by atoms with van der Waals surface area (Å²) < 4.78 is 17.6. The average molecular weight is 455 g/mol. The Hall–Kier alpha value is -2.22. The van der Waals surface area contributed by atoms with Gasteiger partial charge in [-0.15, -0.1) is 0 Å². The molecule has 0 aliphatic carbocycles. The molecule has 3 heterocycles. The van der Waals surface area contributed by atoms with E-state index in [-0.39, 0.29) is 12.6 Å². The van der Waals surface area contributed by atoms with E-state index >= 15 is 0 Å². The van der Waals surface area contributed by atoms with Crippen LogP contribution >= 0.6 is 0 Å². The highest BCUT2D eigenvalue weighted by atomic mass is 28.3. The van der Waals surface area contributed by atoms with Crippen molar-refractivity contribution in [3.05, 3.63) is 59.3 Å². The van der Waals surface area contributed by atoms with E-state index < -0.39 is 19.0 Å². The second kappa shape index (κ2) is 8.61. The largest absolute Gasteiger partial charge is 0.473 e. The van der Waals surface area contributed by atoms with Gasteiger partial charge in [0.2, 0.25) is 11.8 Å². The standard InChI is InChI=1S/C25H34N2O4Si/c1-24(2)22-20(11-12-21(26-22)31-15-19-9-7-6-8-10-19)25(16-30-17-25)27(23(24)28)18-29-13-14-32(3,4)5/h6-12H,13-18H2,1-5H3. The molecule has 1 amide bonds. The third-order valence-electron chi connectivity index (χ3n) is 6.39. The second-order valence-electron chi connectivity index (χ2n) is 10.6. The van der Waals surface area contributed by atoms with Gasteiger partial charge in [-0.25, -0.2) is 4.98 Å². The van der Waals surface area contributed by atoms with Crippen LogP contribution in [0.5, 0.6) is 5.88 Å². The van der Waals surface area contributed by atoms with E-state index in [1.807, 2.05) is 55.1 Å². The molecular weight excluding hydrogens is 420 g/mol. The van der Waals surface area contributed by atoms with Crippen LogP contribution in [0.2, 0.25) is 25.7 Å². The third-order valence-corrected chi connectivity index (χ3v) is 8.09. The number of rotatable bonds is 8. The van der Waals surface area contributed by atoms with E-state index in [0.29, 0.717) is 32.3 Å². The van der Waals surface area contributed by atoms with Gasteiger partial charge in [0.15, 0.2) is 0 Å². The average Bonchev–Trinajstić information content (AvgIpc) is 2.72. The number of hydrogen-bond donors (Lipinski definition) is 0. The number of amides is 1. The maximum atomic E-state index is 13.6. The summed E-state index contributed by atoms with van der Waals surface area (Å²) in [6, 6.07) is 15.0. The summed E-state index contributed by atoms with van der Waals surface area (Å²) in [5.41, 5.74) is 1.60. The molecule has 1 saturated heterocycles. The summed E-state index contributed by atoms with van der Waals surface area (Å²) in [7, 11) is -1.19. The summed E-state index contributed by atoms with van der Waals surface area (Å²) >= 11 is 0. The Balaban J connectivity index is 1.57. The van der Waals surface area contributed by atoms with Crippen molar-refractivity contribution < 1.29 is 19.0 Å². The van der Waals surface area contributed by atoms with Crippen LogP contribution in [0.25, 0.3) is 0 Å². The van der Waals surface area contributed by atoms with Gasteiger partial charge in [-0.1, -0.05) is 50.0 Å². The lowest BCUT2D eigenvalue weighted by Crippen LogP contribution is -2.68. The van der Waals surface area contributed by atoms with Gasteiger partial charge >= 0.3 is 0 Å². The van der Waals surface area contributed by atoms with Crippen LogP contribution in [0.1, 0.15) is 30.7 Å². The van der Waals surface area contributed by atoms with Gasteiger partial charge in [0.05, 0.1) is 24.3 Å². The number of carbonyl (C=O) groups excluding carboxylic acids is 1. The first kappa shape index (κ1) is 23.0. The summed E-state index contributed by atoms with van der Waals surface area (Å²) in [5, 5.41) is 0. The van der Waals surface area contributed by atoms with Gasteiger partial charge in [-0.2, -0.15) is 0 Å². The summed E-state index contributed by atoms with van der Waals surface area (Å²) in [4.78, 5) is 20.3. The van der Waals surface area contributed by atoms with Crippen LogP contribution in [0.4, 0.5) is 0 Å². The summed E-state index contributed by atoms with van der Waals surface area (Å²) in [5.74, 6) is 0.553. The van der Waals surface area contributed by atoms with Gasteiger partial charge in [-0.3, -0.25) is 4.79 Å². The van der Waals surface area contributed by atoms with E-state index in [0.717, 1.165) is 22.9 Å². The van der Waals surface area contributed by atoms with Crippen LogP contribution in [-0.4, -0.2) is 50.4 Å². The van der Waals surface area contributed by atoms with Gasteiger partial charge in [0.25, 0.3) is 0 Å². The Morgan fingerprint density at radius 1 is 1.09 bits per heavy atom. The lowest BCUT2D eigenvalue weighted by atomic mass is 9.71. The van der Waals surface area contributed by atoms with Gasteiger partial charge < -0.3 is 19.1 Å². The molecule has 1 aromatic heterocycles. The normalized spacial score (nSPS) is 18.9. The minimum Gasteiger partial charge on any atom is -0.473 e. The molecule has 4 rings (SSSR count). The number of benzene rings is 1. The number of hydrogen-bond acceptors (Lipinski definition) is 5. The van der Waals surface area contributed by atoms with Crippen LogP contribution in [0.3, 0.4) is 0 Å². The van der Waals surface area contributed by atoms with Crippen molar-refractivity contribution in [3.8, 4) is 5.88 Å². The quantitative estimate of drug-likeness (QED) is 0.439. The molecule has 1 spiro atoms. The first-order chi connectivity index (χ1) is 15.1. The Morgan fingerprint density at radius 2 is 1.81 bits per heavy atom. The summed E-state index contributed by atoms with van der Waals surface area (Å²) in [6.45, 7) is 13.2. The van der Waals surface area contributed by atoms with Crippen molar-refractivity contribution in [2.45, 2.75) is 57.1 Å². The fourth-order valence-corrected chi connectivity index (χ4v) is 4.96. The van der Waals surface area contributed by atoms with Gasteiger partial charge in [0.1, 0.15) is 18.9 Å². The zero-order valence-corrected chi connectivity index (χ0v) is 20.8. The first-order valence-corrected chi connectivity index (χ1v) is 15.0. The lowest BCUT2D eigenvalue weighted by molar-refractivity contribution is -0.196. The smallest absolute Gasteiger partial charge is 0.236 e. The van der Waals surface area contributed by atoms with Crippen molar-refractivity contribution in [1.29, 1.82) is 0 Å². The fraction of sp³-hybridized carbons (Fsp3) is 0.520. The minimum absolute atomic E-state index is 0.0222. The lowest BCUT2D eigenvalue weighted by Gasteiger charge is -2.55. The molecule has 7 heteroatoms. The molecule has 0 N–H and O–H groups in total. The molecular formula is C25H34N2O4Si. The molecule has 32 heavy (non-hydrogen) atoms. The van der Waals surface area contributed by atoms with Crippen LogP contribution in [-0.2, 0) is 31.8 Å². The molecule has 6 nitrogen and oxygen atoms in total. The van der Waals surface area contributed by atoms with Crippen LogP contribution < -0.4 is 4.74 Å². The second-order valence-corrected chi connectivity index (χ2v) is 16.2. The fourth-order valence-electron chi connectivity index (χ4n) is 4.21. The molecule has 0 atom stereocenters. The highest BCUT2D eigenvalue weighted by Gasteiger charge is 2.58. The molecule has 1 fully saturated rings. The number of ether oxygens (including phenoxy) is 3.